The maximum absolute atomic E-state index is 8.68. The van der Waals surface area contributed by atoms with Gasteiger partial charge in [-0.15, -0.1) is 0 Å². The molecular formula is C16H22O2. The van der Waals surface area contributed by atoms with Crippen molar-refractivity contribution in [3.05, 3.63) is 29.3 Å². The highest BCUT2D eigenvalue weighted by molar-refractivity contribution is 5.44. The fraction of sp³-hybridized carbons (Fsp3) is 0.500. The zero-order chi connectivity index (χ0) is 13.2. The molecule has 0 atom stereocenters. The molecule has 1 aromatic carbocycles. The van der Waals surface area contributed by atoms with Crippen LogP contribution in [-0.2, 0) is 0 Å². The molecular weight excluding hydrogens is 224 g/mol. The van der Waals surface area contributed by atoms with Gasteiger partial charge in [0.25, 0.3) is 0 Å². The van der Waals surface area contributed by atoms with Gasteiger partial charge < -0.3 is 9.84 Å². The van der Waals surface area contributed by atoms with Gasteiger partial charge in [0, 0.05) is 12.0 Å². The average molecular weight is 246 g/mol. The van der Waals surface area contributed by atoms with Gasteiger partial charge in [-0.25, -0.2) is 0 Å². The van der Waals surface area contributed by atoms with Gasteiger partial charge >= 0.3 is 0 Å². The van der Waals surface area contributed by atoms with Gasteiger partial charge in [-0.05, 0) is 37.1 Å². The first-order valence-corrected chi connectivity index (χ1v) is 6.61. The van der Waals surface area contributed by atoms with Crippen LogP contribution in [0.25, 0.3) is 0 Å². The van der Waals surface area contributed by atoms with E-state index >= 15 is 0 Å². The predicted octanol–water partition coefficient (Wildman–Crippen LogP) is 3.30. The Kier molecular flexibility index (Phi) is 6.98. The Bertz CT molecular complexity index is 413. The highest BCUT2D eigenvalue weighted by Gasteiger charge is 1.98. The van der Waals surface area contributed by atoms with Crippen LogP contribution in [0.2, 0.25) is 0 Å². The molecule has 0 spiro atoms. The van der Waals surface area contributed by atoms with Crippen molar-refractivity contribution in [3.63, 3.8) is 0 Å². The first-order chi connectivity index (χ1) is 8.77. The number of benzene rings is 1. The lowest BCUT2D eigenvalue weighted by Gasteiger charge is -2.07. The van der Waals surface area contributed by atoms with Crippen molar-refractivity contribution in [2.24, 2.45) is 0 Å². The molecule has 0 fully saturated rings. The summed E-state index contributed by atoms with van der Waals surface area (Å²) in [5.41, 5.74) is 2.12. The van der Waals surface area contributed by atoms with Crippen LogP contribution in [0.4, 0.5) is 0 Å². The number of aliphatic hydroxyl groups is 1. The molecule has 0 saturated carbocycles. The topological polar surface area (TPSA) is 29.5 Å². The van der Waals surface area contributed by atoms with E-state index in [4.69, 9.17) is 9.84 Å². The fourth-order valence-corrected chi connectivity index (χ4v) is 1.62. The zero-order valence-corrected chi connectivity index (χ0v) is 11.3. The number of aryl methyl sites for hydroxylation is 1. The summed E-state index contributed by atoms with van der Waals surface area (Å²) in [5.74, 6) is 6.90. The second-order valence-electron chi connectivity index (χ2n) is 4.31. The average Bonchev–Trinajstić information content (AvgIpc) is 2.37. The monoisotopic (exact) mass is 246 g/mol. The normalized spacial score (nSPS) is 9.72. The smallest absolute Gasteiger partial charge is 0.119 e. The first-order valence-electron chi connectivity index (χ1n) is 6.61. The molecule has 0 unspecified atom stereocenters. The van der Waals surface area contributed by atoms with E-state index in [1.54, 1.807) is 0 Å². The summed E-state index contributed by atoms with van der Waals surface area (Å²) in [7, 11) is 0. The van der Waals surface area contributed by atoms with Crippen molar-refractivity contribution in [2.75, 3.05) is 13.2 Å². The van der Waals surface area contributed by atoms with E-state index in [1.807, 2.05) is 25.1 Å². The Balaban J connectivity index is 2.54. The molecule has 2 nitrogen and oxygen atoms in total. The standard InChI is InChI=1S/C16H22O2/c1-3-4-7-12-18-16-10-9-15(14(2)13-16)8-5-6-11-17/h9-10,13,17H,3-4,6-7,11-12H2,1-2H3. The minimum atomic E-state index is 0.116. The molecule has 0 aromatic heterocycles. The Hall–Kier alpha value is -1.46. The van der Waals surface area contributed by atoms with Gasteiger partial charge in [0.1, 0.15) is 5.75 Å². The van der Waals surface area contributed by atoms with E-state index in [1.165, 1.54) is 12.8 Å². The highest BCUT2D eigenvalue weighted by Crippen LogP contribution is 2.17. The molecule has 0 heterocycles. The van der Waals surface area contributed by atoms with E-state index in [2.05, 4.69) is 18.8 Å². The number of ether oxygens (including phenoxy) is 1. The van der Waals surface area contributed by atoms with Gasteiger partial charge in [0.15, 0.2) is 0 Å². The van der Waals surface area contributed by atoms with Crippen molar-refractivity contribution in [2.45, 2.75) is 39.5 Å². The highest BCUT2D eigenvalue weighted by atomic mass is 16.5. The lowest BCUT2D eigenvalue weighted by atomic mass is 10.1. The van der Waals surface area contributed by atoms with Gasteiger partial charge in [0.05, 0.1) is 13.2 Å². The van der Waals surface area contributed by atoms with Crippen LogP contribution >= 0.6 is 0 Å². The van der Waals surface area contributed by atoms with Crippen LogP contribution in [0.15, 0.2) is 18.2 Å². The molecule has 0 saturated heterocycles. The van der Waals surface area contributed by atoms with Gasteiger partial charge in [0.2, 0.25) is 0 Å². The minimum Gasteiger partial charge on any atom is -0.494 e. The van der Waals surface area contributed by atoms with Gasteiger partial charge in [-0.2, -0.15) is 0 Å². The molecule has 0 aliphatic heterocycles. The number of aliphatic hydroxyl groups excluding tert-OH is 1. The van der Waals surface area contributed by atoms with E-state index in [0.717, 1.165) is 29.9 Å². The molecule has 2 heteroatoms. The Morgan fingerprint density at radius 3 is 2.78 bits per heavy atom. The summed E-state index contributed by atoms with van der Waals surface area (Å²) >= 11 is 0. The van der Waals surface area contributed by atoms with Crippen molar-refractivity contribution in [3.8, 4) is 17.6 Å². The maximum atomic E-state index is 8.68. The molecule has 0 radical (unpaired) electrons. The third-order valence-electron chi connectivity index (χ3n) is 2.67. The number of unbranched alkanes of at least 4 members (excludes halogenated alkanes) is 2. The fourth-order valence-electron chi connectivity index (χ4n) is 1.62. The SMILES string of the molecule is CCCCCOc1ccc(C#CCCO)c(C)c1. The lowest BCUT2D eigenvalue weighted by molar-refractivity contribution is 0.305. The molecule has 0 amide bonds. The first kappa shape index (κ1) is 14.6. The van der Waals surface area contributed by atoms with E-state index in [9.17, 15) is 0 Å². The van der Waals surface area contributed by atoms with Gasteiger partial charge in [-0.1, -0.05) is 31.6 Å². The summed E-state index contributed by atoms with van der Waals surface area (Å²) in [4.78, 5) is 0. The zero-order valence-electron chi connectivity index (χ0n) is 11.3. The van der Waals surface area contributed by atoms with Crippen LogP contribution < -0.4 is 4.74 Å². The molecule has 98 valence electrons. The van der Waals surface area contributed by atoms with Crippen LogP contribution in [0, 0.1) is 18.8 Å². The molecule has 18 heavy (non-hydrogen) atoms. The summed E-state index contributed by atoms with van der Waals surface area (Å²) in [5, 5.41) is 8.68. The Morgan fingerprint density at radius 1 is 1.28 bits per heavy atom. The molecule has 1 aromatic rings. The molecule has 0 aliphatic rings. The minimum absolute atomic E-state index is 0.116. The van der Waals surface area contributed by atoms with Crippen molar-refractivity contribution in [1.29, 1.82) is 0 Å². The molecule has 1 rings (SSSR count). The van der Waals surface area contributed by atoms with Crippen LogP contribution in [-0.4, -0.2) is 18.3 Å². The molecule has 0 aliphatic carbocycles. The van der Waals surface area contributed by atoms with Crippen LogP contribution in [0.3, 0.4) is 0 Å². The quantitative estimate of drug-likeness (QED) is 0.616. The summed E-state index contributed by atoms with van der Waals surface area (Å²) in [6.07, 6.45) is 4.05. The summed E-state index contributed by atoms with van der Waals surface area (Å²) in [6.45, 7) is 5.11. The van der Waals surface area contributed by atoms with Crippen molar-refractivity contribution >= 4 is 0 Å². The second kappa shape index (κ2) is 8.60. The van der Waals surface area contributed by atoms with Gasteiger partial charge in [-0.3, -0.25) is 0 Å². The van der Waals surface area contributed by atoms with E-state index < -0.39 is 0 Å². The largest absolute Gasteiger partial charge is 0.494 e. The third-order valence-corrected chi connectivity index (χ3v) is 2.67. The van der Waals surface area contributed by atoms with Crippen molar-refractivity contribution < 1.29 is 9.84 Å². The van der Waals surface area contributed by atoms with E-state index in [0.29, 0.717) is 6.42 Å². The molecule has 1 N–H and O–H groups in total. The van der Waals surface area contributed by atoms with Crippen LogP contribution in [0.1, 0.15) is 43.7 Å². The number of hydrogen-bond acceptors (Lipinski definition) is 2. The summed E-state index contributed by atoms with van der Waals surface area (Å²) in [6, 6.07) is 5.96. The van der Waals surface area contributed by atoms with E-state index in [-0.39, 0.29) is 6.61 Å². The third kappa shape index (κ3) is 5.25. The summed E-state index contributed by atoms with van der Waals surface area (Å²) < 4.78 is 5.68. The Morgan fingerprint density at radius 2 is 2.11 bits per heavy atom. The second-order valence-corrected chi connectivity index (χ2v) is 4.31. The molecule has 0 bridgehead atoms. The number of rotatable bonds is 6. The Labute approximate surface area is 110 Å². The lowest BCUT2D eigenvalue weighted by Crippen LogP contribution is -1.97. The predicted molar refractivity (Wildman–Crippen MR) is 74.8 cm³/mol. The number of hydrogen-bond donors (Lipinski definition) is 1. The van der Waals surface area contributed by atoms with Crippen LogP contribution in [0.5, 0.6) is 5.75 Å². The maximum Gasteiger partial charge on any atom is 0.119 e. The van der Waals surface area contributed by atoms with Crippen molar-refractivity contribution in [1.82, 2.24) is 0 Å².